The first-order valence-electron chi connectivity index (χ1n) is 32.6. The summed E-state index contributed by atoms with van der Waals surface area (Å²) < 4.78 is 67.8. The lowest BCUT2D eigenvalue weighted by Crippen LogP contribution is -2.30. The average molecular weight is 1200 g/mol. The van der Waals surface area contributed by atoms with Crippen LogP contribution >= 0.6 is 15.6 Å². The predicted octanol–water partition coefficient (Wildman–Crippen LogP) is 17.0. The molecular formula is C62H120O17P2. The number of phosphoric ester groups is 2. The van der Waals surface area contributed by atoms with Gasteiger partial charge < -0.3 is 33.8 Å². The highest BCUT2D eigenvalue weighted by molar-refractivity contribution is 7.47. The predicted molar refractivity (Wildman–Crippen MR) is 322 cm³/mol. The van der Waals surface area contributed by atoms with Crippen molar-refractivity contribution in [1.82, 2.24) is 0 Å². The highest BCUT2D eigenvalue weighted by atomic mass is 31.2. The molecule has 0 saturated heterocycles. The fourth-order valence-corrected chi connectivity index (χ4v) is 10.8. The van der Waals surface area contributed by atoms with Gasteiger partial charge in [0.1, 0.15) is 19.3 Å². The summed E-state index contributed by atoms with van der Waals surface area (Å²) in [7, 11) is -9.88. The van der Waals surface area contributed by atoms with Gasteiger partial charge in [-0.3, -0.25) is 37.3 Å². The third kappa shape index (κ3) is 56.9. The summed E-state index contributed by atoms with van der Waals surface area (Å²) in [6.45, 7) is 7.11. The van der Waals surface area contributed by atoms with Crippen molar-refractivity contribution in [2.24, 2.45) is 5.92 Å². The van der Waals surface area contributed by atoms with Crippen LogP contribution in [0.5, 0.6) is 0 Å². The van der Waals surface area contributed by atoms with Crippen LogP contribution in [0.4, 0.5) is 0 Å². The fourth-order valence-electron chi connectivity index (χ4n) is 9.23. The molecule has 5 atom stereocenters. The van der Waals surface area contributed by atoms with Gasteiger partial charge in [-0.25, -0.2) is 9.13 Å². The standard InChI is InChI=1S/C62H120O17P2/c1-6-9-12-15-18-21-23-24-26-33-38-43-48-62(67)79-58(52-73-60(65)46-41-36-31-28-27-29-34-39-44-55(4)5)54-77-81(70,71)75-50-56(63)49-74-80(68,69)76-53-57(51-72-59(64)45-40-35-30-20-17-14-11-8-3)78-61(66)47-42-37-32-25-22-19-16-13-10-7-2/h55-58,63H,6-54H2,1-5H3,(H,68,69)(H,70,71)/t56-,57+,58+/m0/s1. The highest BCUT2D eigenvalue weighted by Gasteiger charge is 2.30. The summed E-state index contributed by atoms with van der Waals surface area (Å²) in [5, 5.41) is 10.5. The van der Waals surface area contributed by atoms with E-state index in [9.17, 15) is 43.2 Å². The minimum Gasteiger partial charge on any atom is -0.462 e. The summed E-state index contributed by atoms with van der Waals surface area (Å²) in [6, 6.07) is 0. The van der Waals surface area contributed by atoms with Gasteiger partial charge in [0.2, 0.25) is 0 Å². The van der Waals surface area contributed by atoms with Crippen LogP contribution in [0.25, 0.3) is 0 Å². The van der Waals surface area contributed by atoms with Gasteiger partial charge in [0.15, 0.2) is 12.2 Å². The molecule has 0 heterocycles. The zero-order valence-electron chi connectivity index (χ0n) is 51.9. The van der Waals surface area contributed by atoms with Crippen LogP contribution < -0.4 is 0 Å². The molecule has 3 N–H and O–H groups in total. The Morgan fingerprint density at radius 1 is 0.333 bits per heavy atom. The van der Waals surface area contributed by atoms with Gasteiger partial charge in [-0.05, 0) is 31.6 Å². The van der Waals surface area contributed by atoms with Crippen molar-refractivity contribution in [3.8, 4) is 0 Å². The second-order valence-electron chi connectivity index (χ2n) is 22.9. The number of rotatable bonds is 62. The number of aliphatic hydroxyl groups is 1. The van der Waals surface area contributed by atoms with Crippen molar-refractivity contribution in [3.63, 3.8) is 0 Å². The Labute approximate surface area is 492 Å². The van der Waals surface area contributed by atoms with Crippen LogP contribution in [-0.2, 0) is 65.4 Å². The van der Waals surface area contributed by atoms with Crippen LogP contribution in [-0.4, -0.2) is 96.7 Å². The number of esters is 4. The quantitative estimate of drug-likeness (QED) is 0.0222. The number of carbonyl (C=O) groups is 4. The van der Waals surface area contributed by atoms with Crippen molar-refractivity contribution in [2.45, 2.75) is 329 Å². The molecule has 480 valence electrons. The molecule has 19 heteroatoms. The Bertz CT molecular complexity index is 1580. The molecule has 0 saturated carbocycles. The van der Waals surface area contributed by atoms with Gasteiger partial charge in [-0.15, -0.1) is 0 Å². The Hall–Kier alpha value is -1.94. The molecule has 0 fully saturated rings. The Morgan fingerprint density at radius 2 is 0.568 bits per heavy atom. The third-order valence-electron chi connectivity index (χ3n) is 14.3. The maximum Gasteiger partial charge on any atom is 0.472 e. The van der Waals surface area contributed by atoms with Gasteiger partial charge in [0, 0.05) is 25.7 Å². The molecule has 81 heavy (non-hydrogen) atoms. The minimum absolute atomic E-state index is 0.106. The van der Waals surface area contributed by atoms with E-state index in [1.165, 1.54) is 128 Å². The van der Waals surface area contributed by atoms with Gasteiger partial charge in [-0.2, -0.15) is 0 Å². The molecule has 0 rings (SSSR count). The van der Waals surface area contributed by atoms with E-state index in [1.807, 2.05) is 0 Å². The first-order chi connectivity index (χ1) is 39.0. The SMILES string of the molecule is CCCCCCCCCCCCCCC(=O)O[C@H](COC(=O)CCCCCCCCCCC(C)C)COP(=O)(O)OC[C@@H](O)COP(=O)(O)OC[C@@H](COC(=O)CCCCCCCCCC)OC(=O)CCCCCCCCCCCC. The molecule has 0 aliphatic carbocycles. The normalized spacial score (nSPS) is 14.3. The molecule has 0 aliphatic heterocycles. The Morgan fingerprint density at radius 3 is 0.840 bits per heavy atom. The zero-order valence-corrected chi connectivity index (χ0v) is 53.7. The number of ether oxygens (including phenoxy) is 4. The molecule has 0 amide bonds. The molecular weight excluding hydrogens is 1080 g/mol. The number of hydrogen-bond acceptors (Lipinski definition) is 15. The maximum absolute atomic E-state index is 12.9. The van der Waals surface area contributed by atoms with Crippen molar-refractivity contribution >= 4 is 39.5 Å². The smallest absolute Gasteiger partial charge is 0.462 e. The van der Waals surface area contributed by atoms with Crippen LogP contribution in [0.3, 0.4) is 0 Å². The molecule has 0 aliphatic rings. The second-order valence-corrected chi connectivity index (χ2v) is 25.8. The lowest BCUT2D eigenvalue weighted by atomic mass is 10.0. The van der Waals surface area contributed by atoms with E-state index in [-0.39, 0.29) is 25.7 Å². The number of aliphatic hydroxyl groups excluding tert-OH is 1. The monoisotopic (exact) mass is 1200 g/mol. The van der Waals surface area contributed by atoms with Crippen molar-refractivity contribution in [1.29, 1.82) is 0 Å². The molecule has 0 bridgehead atoms. The topological polar surface area (TPSA) is 237 Å². The van der Waals surface area contributed by atoms with E-state index in [4.69, 9.17) is 37.0 Å². The molecule has 0 aromatic heterocycles. The van der Waals surface area contributed by atoms with E-state index in [1.54, 1.807) is 0 Å². The van der Waals surface area contributed by atoms with E-state index >= 15 is 0 Å². The van der Waals surface area contributed by atoms with Gasteiger partial charge in [0.25, 0.3) is 0 Å². The van der Waals surface area contributed by atoms with Crippen LogP contribution in [0.2, 0.25) is 0 Å². The average Bonchev–Trinajstić information content (AvgIpc) is 3.43. The number of unbranched alkanes of at least 4 members (excludes halogenated alkanes) is 34. The largest absolute Gasteiger partial charge is 0.472 e. The zero-order chi connectivity index (χ0) is 59.9. The lowest BCUT2D eigenvalue weighted by Gasteiger charge is -2.21. The molecule has 0 radical (unpaired) electrons. The van der Waals surface area contributed by atoms with E-state index in [2.05, 4.69) is 34.6 Å². The van der Waals surface area contributed by atoms with Gasteiger partial charge in [0.05, 0.1) is 26.4 Å². The summed E-state index contributed by atoms with van der Waals surface area (Å²) >= 11 is 0. The second kappa shape index (κ2) is 55.9. The molecule has 17 nitrogen and oxygen atoms in total. The van der Waals surface area contributed by atoms with E-state index < -0.39 is 97.5 Å². The van der Waals surface area contributed by atoms with Crippen LogP contribution in [0.1, 0.15) is 311 Å². The molecule has 0 aromatic rings. The highest BCUT2D eigenvalue weighted by Crippen LogP contribution is 2.45. The molecule has 0 aromatic carbocycles. The summed E-state index contributed by atoms with van der Waals surface area (Å²) in [5.74, 6) is -1.41. The van der Waals surface area contributed by atoms with Gasteiger partial charge >= 0.3 is 39.5 Å². The number of carbonyl (C=O) groups excluding carboxylic acids is 4. The van der Waals surface area contributed by atoms with E-state index in [0.29, 0.717) is 25.7 Å². The Balaban J connectivity index is 5.23. The van der Waals surface area contributed by atoms with Crippen molar-refractivity contribution in [2.75, 3.05) is 39.6 Å². The van der Waals surface area contributed by atoms with Crippen LogP contribution in [0, 0.1) is 5.92 Å². The summed E-state index contributed by atoms with van der Waals surface area (Å²) in [6.07, 6.45) is 38.9. The molecule has 2 unspecified atom stereocenters. The fraction of sp³-hybridized carbons (Fsp3) is 0.935. The van der Waals surface area contributed by atoms with Gasteiger partial charge in [-0.1, -0.05) is 259 Å². The summed E-state index contributed by atoms with van der Waals surface area (Å²) in [5.41, 5.74) is 0. The lowest BCUT2D eigenvalue weighted by molar-refractivity contribution is -0.161. The first-order valence-corrected chi connectivity index (χ1v) is 35.6. The maximum atomic E-state index is 12.9. The van der Waals surface area contributed by atoms with Crippen molar-refractivity contribution < 1.29 is 80.2 Å². The van der Waals surface area contributed by atoms with Crippen LogP contribution in [0.15, 0.2) is 0 Å². The first kappa shape index (κ1) is 79.1. The van der Waals surface area contributed by atoms with E-state index in [0.717, 1.165) is 102 Å². The minimum atomic E-state index is -4.94. The molecule has 0 spiro atoms. The Kier molecular flexibility index (Phi) is 54.6. The van der Waals surface area contributed by atoms with Crippen molar-refractivity contribution in [3.05, 3.63) is 0 Å². The number of hydrogen-bond donors (Lipinski definition) is 3. The number of phosphoric acid groups is 2. The third-order valence-corrected chi connectivity index (χ3v) is 16.2. The summed E-state index contributed by atoms with van der Waals surface area (Å²) in [4.78, 5) is 72.0.